The SMILES string of the molecule is c1ccc(N(c2ccccc2-c2ccc3c(c2)C2(c4ccccc4-3)c3ccccc3-n3c4ccccc4c4cccc2c43)c2cccc3c2-c2ccccc2C32c3ccccc3-c3ccccc32)cc1. The van der Waals surface area contributed by atoms with Gasteiger partial charge in [-0.3, -0.25) is 0 Å². The molecule has 0 N–H and O–H groups in total. The van der Waals surface area contributed by atoms with Gasteiger partial charge in [-0.1, -0.05) is 212 Å². The maximum absolute atomic E-state index is 2.54. The Morgan fingerprint density at radius 1 is 0.300 bits per heavy atom. The molecule has 2 nitrogen and oxygen atoms in total. The van der Waals surface area contributed by atoms with Gasteiger partial charge in [0.15, 0.2) is 0 Å². The maximum Gasteiger partial charge on any atom is 0.0754 e. The summed E-state index contributed by atoms with van der Waals surface area (Å²) in [5.41, 5.74) is 26.9. The minimum Gasteiger partial charge on any atom is -0.309 e. The fourth-order valence-electron chi connectivity index (χ4n) is 13.9. The van der Waals surface area contributed by atoms with Crippen LogP contribution in [0.1, 0.15) is 44.5 Å². The number of hydrogen-bond donors (Lipinski definition) is 0. The first-order chi connectivity index (χ1) is 34.8. The second kappa shape index (κ2) is 13.8. The number of anilines is 3. The van der Waals surface area contributed by atoms with E-state index < -0.39 is 10.8 Å². The van der Waals surface area contributed by atoms with Gasteiger partial charge in [0.1, 0.15) is 0 Å². The van der Waals surface area contributed by atoms with E-state index in [1.54, 1.807) is 0 Å². The Kier molecular flexibility index (Phi) is 7.51. The number of para-hydroxylation sites is 5. The van der Waals surface area contributed by atoms with Crippen molar-refractivity contribution in [3.05, 3.63) is 299 Å². The Labute approximate surface area is 406 Å². The lowest BCUT2D eigenvalue weighted by atomic mass is 9.65. The van der Waals surface area contributed by atoms with Crippen molar-refractivity contribution in [2.45, 2.75) is 10.8 Å². The maximum atomic E-state index is 2.54. The normalized spacial score (nSPS) is 15.6. The molecule has 2 spiro atoms. The zero-order valence-electron chi connectivity index (χ0n) is 38.1. The Morgan fingerprint density at radius 2 is 0.786 bits per heavy atom. The molecule has 12 aromatic rings. The molecule has 2 heterocycles. The minimum absolute atomic E-state index is 0.453. The second-order valence-electron chi connectivity index (χ2n) is 19.4. The van der Waals surface area contributed by atoms with Crippen molar-refractivity contribution >= 4 is 38.9 Å². The predicted molar refractivity (Wildman–Crippen MR) is 288 cm³/mol. The molecule has 0 saturated carbocycles. The summed E-state index contributed by atoms with van der Waals surface area (Å²) in [4.78, 5) is 2.53. The molecule has 0 saturated heterocycles. The molecule has 2 heteroatoms. The highest BCUT2D eigenvalue weighted by molar-refractivity contribution is 6.13. The average molecular weight is 887 g/mol. The van der Waals surface area contributed by atoms with Gasteiger partial charge in [0.05, 0.1) is 38.9 Å². The third-order valence-corrected chi connectivity index (χ3v) is 16.4. The van der Waals surface area contributed by atoms with Crippen molar-refractivity contribution in [2.75, 3.05) is 4.90 Å². The Balaban J connectivity index is 0.960. The summed E-state index contributed by atoms with van der Waals surface area (Å²) >= 11 is 0. The lowest BCUT2D eigenvalue weighted by Crippen LogP contribution is -2.33. The van der Waals surface area contributed by atoms with Crippen molar-refractivity contribution in [1.29, 1.82) is 0 Å². The van der Waals surface area contributed by atoms with Crippen molar-refractivity contribution in [3.8, 4) is 50.2 Å². The lowest BCUT2D eigenvalue weighted by Gasteiger charge is -2.39. The van der Waals surface area contributed by atoms with Crippen molar-refractivity contribution in [1.82, 2.24) is 4.57 Å². The quantitative estimate of drug-likeness (QED) is 0.171. The largest absolute Gasteiger partial charge is 0.309 e. The number of fused-ring (bicyclic) bond motifs is 22. The van der Waals surface area contributed by atoms with Crippen LogP contribution in [0.2, 0.25) is 0 Å². The molecule has 1 atom stereocenters. The summed E-state index contributed by atoms with van der Waals surface area (Å²) < 4.78 is 2.53. The van der Waals surface area contributed by atoms with Gasteiger partial charge >= 0.3 is 0 Å². The Morgan fingerprint density at radius 3 is 1.51 bits per heavy atom. The minimum atomic E-state index is -0.553. The molecule has 1 aliphatic heterocycles. The van der Waals surface area contributed by atoms with Crippen molar-refractivity contribution in [2.24, 2.45) is 0 Å². The monoisotopic (exact) mass is 886 g/mol. The van der Waals surface area contributed by atoms with Crippen LogP contribution >= 0.6 is 0 Å². The third-order valence-electron chi connectivity index (χ3n) is 16.4. The van der Waals surface area contributed by atoms with Crippen LogP contribution < -0.4 is 4.90 Å². The van der Waals surface area contributed by atoms with Crippen LogP contribution in [0.3, 0.4) is 0 Å². The molecule has 11 aromatic carbocycles. The highest BCUT2D eigenvalue weighted by Gasteiger charge is 2.53. The standard InChI is InChI=1S/C68H42N2/c1-2-20-44(21-3-1)69(64-39-19-34-58-65(64)52-27-7-13-32-56(52)67(58)53-29-10-4-23-46(53)47-24-5-11-30-54(47)67)61-36-15-8-22-45(61)43-40-41-49-48-25-6-12-31-55(48)68(60(49)42-43)57-33-14-17-38-63(57)70-62-37-16-9-26-50(62)51-28-18-35-59(68)66(51)70/h1-42H. The molecule has 0 radical (unpaired) electrons. The van der Waals surface area contributed by atoms with E-state index in [2.05, 4.69) is 264 Å². The molecular formula is C68H42N2. The summed E-state index contributed by atoms with van der Waals surface area (Å²) in [6.45, 7) is 0. The first-order valence-electron chi connectivity index (χ1n) is 24.5. The molecule has 4 aliphatic rings. The predicted octanol–water partition coefficient (Wildman–Crippen LogP) is 16.9. The van der Waals surface area contributed by atoms with Gasteiger partial charge < -0.3 is 9.47 Å². The van der Waals surface area contributed by atoms with Gasteiger partial charge in [0.25, 0.3) is 0 Å². The molecule has 0 bridgehead atoms. The number of rotatable bonds is 4. The molecule has 0 amide bonds. The van der Waals surface area contributed by atoms with E-state index >= 15 is 0 Å². The smallest absolute Gasteiger partial charge is 0.0754 e. The van der Waals surface area contributed by atoms with Crippen LogP contribution in [-0.2, 0) is 10.8 Å². The van der Waals surface area contributed by atoms with Crippen LogP contribution in [0, 0.1) is 0 Å². The number of hydrogen-bond acceptors (Lipinski definition) is 1. The van der Waals surface area contributed by atoms with Crippen LogP contribution in [0.4, 0.5) is 17.1 Å². The topological polar surface area (TPSA) is 8.17 Å². The van der Waals surface area contributed by atoms with E-state index in [1.165, 1.54) is 117 Å². The highest BCUT2D eigenvalue weighted by Crippen LogP contribution is 2.66. The molecule has 70 heavy (non-hydrogen) atoms. The van der Waals surface area contributed by atoms with E-state index in [0.29, 0.717) is 0 Å². The van der Waals surface area contributed by atoms with Crippen LogP contribution in [-0.4, -0.2) is 4.57 Å². The van der Waals surface area contributed by atoms with E-state index in [0.717, 1.165) is 17.1 Å². The zero-order chi connectivity index (χ0) is 45.7. The summed E-state index contributed by atoms with van der Waals surface area (Å²) in [7, 11) is 0. The summed E-state index contributed by atoms with van der Waals surface area (Å²) in [5, 5.41) is 2.57. The lowest BCUT2D eigenvalue weighted by molar-refractivity contribution is 0.749. The summed E-state index contributed by atoms with van der Waals surface area (Å²) in [5.74, 6) is 0. The molecule has 1 unspecified atom stereocenters. The molecular weight excluding hydrogens is 845 g/mol. The number of benzene rings is 11. The fourth-order valence-corrected chi connectivity index (χ4v) is 13.9. The molecule has 16 rings (SSSR count). The van der Waals surface area contributed by atoms with Gasteiger partial charge in [0.2, 0.25) is 0 Å². The molecule has 3 aliphatic carbocycles. The second-order valence-corrected chi connectivity index (χ2v) is 19.4. The van der Waals surface area contributed by atoms with Gasteiger partial charge in [-0.25, -0.2) is 0 Å². The van der Waals surface area contributed by atoms with Gasteiger partial charge in [-0.05, 0) is 120 Å². The summed E-state index contributed by atoms with van der Waals surface area (Å²) in [6.07, 6.45) is 0. The van der Waals surface area contributed by atoms with Crippen molar-refractivity contribution < 1.29 is 0 Å². The summed E-state index contributed by atoms with van der Waals surface area (Å²) in [6, 6.07) is 96.0. The van der Waals surface area contributed by atoms with Crippen LogP contribution in [0.25, 0.3) is 72.0 Å². The number of nitrogens with zero attached hydrogens (tertiary/aromatic N) is 2. The number of aromatic nitrogens is 1. The fraction of sp³-hybridized carbons (Fsp3) is 0.0294. The van der Waals surface area contributed by atoms with Gasteiger partial charge in [-0.15, -0.1) is 0 Å². The molecule has 324 valence electrons. The first kappa shape index (κ1) is 38.0. The van der Waals surface area contributed by atoms with E-state index in [4.69, 9.17) is 0 Å². The van der Waals surface area contributed by atoms with Crippen LogP contribution in [0.15, 0.2) is 255 Å². The van der Waals surface area contributed by atoms with Crippen LogP contribution in [0.5, 0.6) is 0 Å². The van der Waals surface area contributed by atoms with E-state index in [9.17, 15) is 0 Å². The molecule has 1 aromatic heterocycles. The van der Waals surface area contributed by atoms with Gasteiger partial charge in [-0.2, -0.15) is 0 Å². The Bertz CT molecular complexity index is 4170. The first-order valence-corrected chi connectivity index (χ1v) is 24.5. The van der Waals surface area contributed by atoms with Gasteiger partial charge in [0, 0.05) is 27.6 Å². The average Bonchev–Trinajstić information content (AvgIpc) is 4.13. The van der Waals surface area contributed by atoms with Crippen molar-refractivity contribution in [3.63, 3.8) is 0 Å². The zero-order valence-corrected chi connectivity index (χ0v) is 38.1. The van der Waals surface area contributed by atoms with E-state index in [-0.39, 0.29) is 0 Å². The molecule has 0 fully saturated rings. The Hall–Kier alpha value is -8.98. The third kappa shape index (κ3) is 4.55. The highest BCUT2D eigenvalue weighted by atomic mass is 15.1. The van der Waals surface area contributed by atoms with E-state index in [1.807, 2.05) is 0 Å².